The van der Waals surface area contributed by atoms with Gasteiger partial charge in [0.1, 0.15) is 30.7 Å². The highest BCUT2D eigenvalue weighted by Crippen LogP contribution is 2.09. The Morgan fingerprint density at radius 3 is 1.66 bits per heavy atom. The summed E-state index contributed by atoms with van der Waals surface area (Å²) in [7, 11) is 0. The average molecular weight is 706 g/mol. The molecule has 0 aliphatic heterocycles. The van der Waals surface area contributed by atoms with E-state index in [0.717, 1.165) is 5.56 Å². The molecule has 0 fully saturated rings. The van der Waals surface area contributed by atoms with Crippen LogP contribution in [0.4, 0.5) is 0 Å². The van der Waals surface area contributed by atoms with E-state index in [9.17, 15) is 28.8 Å². The van der Waals surface area contributed by atoms with Gasteiger partial charge in [-0.1, -0.05) is 30.3 Å². The Kier molecular flexibility index (Phi) is 21.0. The molecule has 0 spiro atoms. The molecule has 5 amide bonds. The van der Waals surface area contributed by atoms with E-state index >= 15 is 0 Å². The molecule has 0 saturated carbocycles. The lowest BCUT2D eigenvalue weighted by atomic mass is 10.0. The molecule has 18 nitrogen and oxygen atoms in total. The first-order valence-corrected chi connectivity index (χ1v) is 16.7. The second-order valence-electron chi connectivity index (χ2n) is 11.8. The van der Waals surface area contributed by atoms with Crippen LogP contribution in [-0.4, -0.2) is 103 Å². The summed E-state index contributed by atoms with van der Waals surface area (Å²) in [6.07, 6.45) is 3.10. The summed E-state index contributed by atoms with van der Waals surface area (Å²) < 4.78 is 0. The number of rotatable bonds is 25. The first kappa shape index (κ1) is 43.2. The van der Waals surface area contributed by atoms with Crippen LogP contribution >= 0.6 is 0 Å². The zero-order valence-electron chi connectivity index (χ0n) is 28.7. The quantitative estimate of drug-likeness (QED) is 0.0276. The van der Waals surface area contributed by atoms with Crippen molar-refractivity contribution in [2.75, 3.05) is 26.2 Å². The van der Waals surface area contributed by atoms with Crippen LogP contribution in [0.25, 0.3) is 0 Å². The molecule has 5 atom stereocenters. The normalized spacial score (nSPS) is 13.8. The number of nitrogens with two attached hydrogens (primary N) is 5. The first-order valence-electron chi connectivity index (χ1n) is 16.7. The average Bonchev–Trinajstić information content (AvgIpc) is 3.07. The van der Waals surface area contributed by atoms with Crippen molar-refractivity contribution in [1.29, 1.82) is 0 Å². The minimum atomic E-state index is -1.26. The minimum Gasteiger partial charge on any atom is -0.480 e. The summed E-state index contributed by atoms with van der Waals surface area (Å²) in [6, 6.07) is 3.79. The number of nitrogens with zero attached hydrogens (tertiary/aromatic N) is 1. The molecular formula is C32H55N11O7. The van der Waals surface area contributed by atoms with E-state index in [4.69, 9.17) is 33.8 Å². The van der Waals surface area contributed by atoms with Crippen LogP contribution in [0.5, 0.6) is 0 Å². The Labute approximate surface area is 292 Å². The van der Waals surface area contributed by atoms with Crippen molar-refractivity contribution >= 4 is 41.5 Å². The fraction of sp³-hybridized carbons (Fsp3) is 0.594. The van der Waals surface area contributed by atoms with Crippen molar-refractivity contribution in [3.63, 3.8) is 0 Å². The summed E-state index contributed by atoms with van der Waals surface area (Å²) in [6.45, 7) is 1.58. The van der Waals surface area contributed by atoms with Gasteiger partial charge in [-0.3, -0.25) is 33.8 Å². The molecule has 280 valence electrons. The fourth-order valence-electron chi connectivity index (χ4n) is 4.78. The Morgan fingerprint density at radius 1 is 0.700 bits per heavy atom. The molecule has 1 aromatic carbocycles. The number of aliphatic imine (C=N–C) groups is 1. The number of guanidine groups is 1. The standard InChI is InChI=1S/C32H55N11O7/c1-20(27(46)39-19-26(44)45)40-29(48)25(14-9-17-38-32(36)37)43-31(50)24(13-6-8-16-34)42-30(49)23(12-5-7-15-33)41-28(47)22(35)18-21-10-3-2-4-11-21/h2-4,10-11,20,22-25H,5-9,12-19,33-35H2,1H3,(H,39,46)(H,40,48)(H,41,47)(H,42,49)(H,43,50)(H,44,45)(H4,36,37,38)/t20-,22-,23-,24-,25-/m0/s1. The molecular weight excluding hydrogens is 650 g/mol. The van der Waals surface area contributed by atoms with Crippen molar-refractivity contribution in [2.24, 2.45) is 33.7 Å². The highest BCUT2D eigenvalue weighted by molar-refractivity contribution is 5.96. The largest absolute Gasteiger partial charge is 0.480 e. The van der Waals surface area contributed by atoms with Gasteiger partial charge >= 0.3 is 5.97 Å². The van der Waals surface area contributed by atoms with E-state index in [1.54, 1.807) is 0 Å². The molecule has 18 heteroatoms. The van der Waals surface area contributed by atoms with Gasteiger partial charge in [0.25, 0.3) is 0 Å². The Morgan fingerprint density at radius 2 is 1.18 bits per heavy atom. The number of carboxylic acids is 1. The summed E-state index contributed by atoms with van der Waals surface area (Å²) in [5, 5.41) is 21.6. The molecule has 0 aliphatic carbocycles. The second kappa shape index (κ2) is 24.3. The number of aliphatic carboxylic acids is 1. The van der Waals surface area contributed by atoms with Crippen LogP contribution in [0.1, 0.15) is 63.9 Å². The van der Waals surface area contributed by atoms with Crippen LogP contribution in [0.2, 0.25) is 0 Å². The highest BCUT2D eigenvalue weighted by Gasteiger charge is 2.31. The van der Waals surface area contributed by atoms with Crippen LogP contribution in [0.3, 0.4) is 0 Å². The number of benzene rings is 1. The minimum absolute atomic E-state index is 0.0539. The molecule has 0 aliphatic rings. The topological polar surface area (TPSA) is 325 Å². The van der Waals surface area contributed by atoms with Crippen molar-refractivity contribution in [1.82, 2.24) is 26.6 Å². The van der Waals surface area contributed by atoms with Crippen LogP contribution < -0.4 is 55.3 Å². The molecule has 1 aromatic rings. The van der Waals surface area contributed by atoms with Gasteiger partial charge in [-0.15, -0.1) is 0 Å². The molecule has 0 aromatic heterocycles. The van der Waals surface area contributed by atoms with E-state index in [2.05, 4.69) is 31.6 Å². The smallest absolute Gasteiger partial charge is 0.322 e. The molecule has 0 heterocycles. The van der Waals surface area contributed by atoms with E-state index < -0.39 is 72.3 Å². The van der Waals surface area contributed by atoms with E-state index in [1.165, 1.54) is 6.92 Å². The number of carbonyl (C=O) groups excluding carboxylic acids is 5. The third-order valence-corrected chi connectivity index (χ3v) is 7.54. The monoisotopic (exact) mass is 705 g/mol. The fourth-order valence-corrected chi connectivity index (χ4v) is 4.78. The molecule has 50 heavy (non-hydrogen) atoms. The molecule has 0 saturated heterocycles. The number of amides is 5. The Bertz CT molecular complexity index is 1260. The van der Waals surface area contributed by atoms with Gasteiger partial charge in [0, 0.05) is 6.54 Å². The number of unbranched alkanes of at least 4 members (excludes halogenated alkanes) is 2. The Balaban J connectivity index is 3.15. The van der Waals surface area contributed by atoms with Gasteiger partial charge in [0.15, 0.2) is 5.96 Å². The van der Waals surface area contributed by atoms with Gasteiger partial charge in [0.05, 0.1) is 6.04 Å². The molecule has 0 radical (unpaired) electrons. The van der Waals surface area contributed by atoms with Crippen molar-refractivity contribution in [2.45, 2.75) is 94.9 Å². The zero-order chi connectivity index (χ0) is 37.5. The predicted molar refractivity (Wildman–Crippen MR) is 188 cm³/mol. The van der Waals surface area contributed by atoms with E-state index in [0.29, 0.717) is 38.8 Å². The molecule has 0 bridgehead atoms. The lowest BCUT2D eigenvalue weighted by Crippen LogP contribution is -2.58. The van der Waals surface area contributed by atoms with Gasteiger partial charge < -0.3 is 60.4 Å². The third-order valence-electron chi connectivity index (χ3n) is 7.54. The number of hydrogen-bond donors (Lipinski definition) is 11. The predicted octanol–water partition coefficient (Wildman–Crippen LogP) is -2.97. The maximum Gasteiger partial charge on any atom is 0.322 e. The highest BCUT2D eigenvalue weighted by atomic mass is 16.4. The number of carbonyl (C=O) groups is 6. The number of hydrogen-bond acceptors (Lipinski definition) is 10. The molecule has 0 unspecified atom stereocenters. The number of carboxylic acid groups (broad SMARTS) is 1. The van der Waals surface area contributed by atoms with Crippen molar-refractivity contribution < 1.29 is 33.9 Å². The first-order chi connectivity index (χ1) is 23.8. The van der Waals surface area contributed by atoms with Gasteiger partial charge in [-0.25, -0.2) is 0 Å². The summed E-state index contributed by atoms with van der Waals surface area (Å²) in [5.41, 5.74) is 29.1. The van der Waals surface area contributed by atoms with Gasteiger partial charge in [-0.2, -0.15) is 0 Å². The van der Waals surface area contributed by atoms with E-state index in [1.807, 2.05) is 30.3 Å². The zero-order valence-corrected chi connectivity index (χ0v) is 28.7. The maximum absolute atomic E-state index is 13.7. The van der Waals surface area contributed by atoms with E-state index in [-0.39, 0.29) is 44.6 Å². The SMILES string of the molecule is C[C@H](NC(=O)[C@H](CCCN=C(N)N)NC(=O)[C@H](CCCCN)NC(=O)[C@H](CCCCN)NC(=O)[C@@H](N)Cc1ccccc1)C(=O)NCC(=O)O. The van der Waals surface area contributed by atoms with Crippen molar-refractivity contribution in [3.05, 3.63) is 35.9 Å². The van der Waals surface area contributed by atoms with Crippen LogP contribution in [0.15, 0.2) is 35.3 Å². The molecule has 16 N–H and O–H groups in total. The summed E-state index contributed by atoms with van der Waals surface area (Å²) >= 11 is 0. The third kappa shape index (κ3) is 18.1. The maximum atomic E-state index is 13.7. The number of nitrogens with one attached hydrogen (secondary N) is 5. The van der Waals surface area contributed by atoms with Crippen LogP contribution in [-0.2, 0) is 35.2 Å². The van der Waals surface area contributed by atoms with Gasteiger partial charge in [-0.05, 0) is 83.4 Å². The molecule has 1 rings (SSSR count). The second-order valence-corrected chi connectivity index (χ2v) is 11.8. The van der Waals surface area contributed by atoms with Crippen LogP contribution in [0, 0.1) is 0 Å². The lowest BCUT2D eigenvalue weighted by Gasteiger charge is -2.26. The summed E-state index contributed by atoms with van der Waals surface area (Å²) in [4.78, 5) is 80.6. The lowest BCUT2D eigenvalue weighted by molar-refractivity contribution is -0.138. The summed E-state index contributed by atoms with van der Waals surface area (Å²) in [5.74, 6) is -4.74. The van der Waals surface area contributed by atoms with Gasteiger partial charge in [0.2, 0.25) is 29.5 Å². The Hall–Kier alpha value is -4.81. The van der Waals surface area contributed by atoms with Crippen molar-refractivity contribution in [3.8, 4) is 0 Å².